The van der Waals surface area contributed by atoms with E-state index in [1.165, 1.54) is 6.07 Å². The van der Waals surface area contributed by atoms with Gasteiger partial charge in [0, 0.05) is 16.7 Å². The Hall–Kier alpha value is -3.07. The van der Waals surface area contributed by atoms with Gasteiger partial charge in [-0.3, -0.25) is 4.79 Å². The van der Waals surface area contributed by atoms with Crippen LogP contribution in [0.1, 0.15) is 41.7 Å². The van der Waals surface area contributed by atoms with E-state index in [-0.39, 0.29) is 29.5 Å². The second kappa shape index (κ2) is 9.38. The highest BCUT2D eigenvalue weighted by molar-refractivity contribution is 6.30. The maximum atomic E-state index is 12.6. The van der Waals surface area contributed by atoms with Crippen LogP contribution in [-0.4, -0.2) is 28.8 Å². The number of ether oxygens (including phenoxy) is 1. The van der Waals surface area contributed by atoms with E-state index in [9.17, 15) is 18.0 Å². The van der Waals surface area contributed by atoms with Crippen LogP contribution in [0.4, 0.5) is 13.2 Å². The summed E-state index contributed by atoms with van der Waals surface area (Å²) < 4.78 is 47.9. The molecule has 0 saturated heterocycles. The third-order valence-electron chi connectivity index (χ3n) is 4.24. The standard InChI is InChI=1S/C21H19ClF3N3O3/c1-12(2)17-7-15(31-28-17)9-27-20(29)18-8-16(13-3-5-14(22)6-4-13)19(10-26-18)30-11-21(23,24)25/h3-8,10,12H,9,11H2,1-2H3,(H,27,29). The molecule has 0 aliphatic rings. The average molecular weight is 454 g/mol. The van der Waals surface area contributed by atoms with Crippen LogP contribution in [-0.2, 0) is 6.54 Å². The van der Waals surface area contributed by atoms with E-state index in [4.69, 9.17) is 20.9 Å². The van der Waals surface area contributed by atoms with Gasteiger partial charge < -0.3 is 14.6 Å². The topological polar surface area (TPSA) is 77.2 Å². The van der Waals surface area contributed by atoms with Crippen molar-refractivity contribution >= 4 is 17.5 Å². The minimum Gasteiger partial charge on any atom is -0.482 e. The summed E-state index contributed by atoms with van der Waals surface area (Å²) in [4.78, 5) is 16.5. The Morgan fingerprint density at radius 3 is 2.55 bits per heavy atom. The molecule has 1 amide bonds. The van der Waals surface area contributed by atoms with Crippen molar-refractivity contribution in [2.75, 3.05) is 6.61 Å². The number of halogens is 4. The molecule has 0 unspecified atom stereocenters. The first-order valence-corrected chi connectivity index (χ1v) is 9.69. The van der Waals surface area contributed by atoms with E-state index in [0.717, 1.165) is 11.9 Å². The van der Waals surface area contributed by atoms with Gasteiger partial charge in [0.15, 0.2) is 12.4 Å². The summed E-state index contributed by atoms with van der Waals surface area (Å²) in [5.41, 5.74) is 1.57. The smallest absolute Gasteiger partial charge is 0.422 e. The molecule has 0 saturated carbocycles. The van der Waals surface area contributed by atoms with Gasteiger partial charge in [-0.1, -0.05) is 42.7 Å². The van der Waals surface area contributed by atoms with Crippen molar-refractivity contribution in [3.63, 3.8) is 0 Å². The molecule has 3 aromatic rings. The van der Waals surface area contributed by atoms with Crippen molar-refractivity contribution in [1.29, 1.82) is 0 Å². The third kappa shape index (κ3) is 6.21. The quantitative estimate of drug-likeness (QED) is 0.519. The van der Waals surface area contributed by atoms with Crippen LogP contribution in [0.5, 0.6) is 5.75 Å². The third-order valence-corrected chi connectivity index (χ3v) is 4.49. The van der Waals surface area contributed by atoms with Gasteiger partial charge in [-0.15, -0.1) is 0 Å². The van der Waals surface area contributed by atoms with Crippen LogP contribution in [0, 0.1) is 0 Å². The van der Waals surface area contributed by atoms with Crippen molar-refractivity contribution < 1.29 is 27.2 Å². The molecule has 1 N–H and O–H groups in total. The zero-order valence-corrected chi connectivity index (χ0v) is 17.4. The largest absolute Gasteiger partial charge is 0.482 e. The zero-order chi connectivity index (χ0) is 22.6. The summed E-state index contributed by atoms with van der Waals surface area (Å²) in [5.74, 6) is 0.0224. The number of hydrogen-bond donors (Lipinski definition) is 1. The zero-order valence-electron chi connectivity index (χ0n) is 16.7. The molecule has 3 rings (SSSR count). The van der Waals surface area contributed by atoms with E-state index in [1.54, 1.807) is 30.3 Å². The van der Waals surface area contributed by atoms with Gasteiger partial charge in [0.25, 0.3) is 5.91 Å². The molecule has 0 fully saturated rings. The number of nitrogens with zero attached hydrogens (tertiary/aromatic N) is 2. The fourth-order valence-electron chi connectivity index (χ4n) is 2.64. The van der Waals surface area contributed by atoms with E-state index >= 15 is 0 Å². The van der Waals surface area contributed by atoms with Crippen molar-refractivity contribution in [2.24, 2.45) is 0 Å². The van der Waals surface area contributed by atoms with E-state index in [0.29, 0.717) is 16.3 Å². The van der Waals surface area contributed by atoms with Gasteiger partial charge in [0.05, 0.1) is 18.4 Å². The summed E-state index contributed by atoms with van der Waals surface area (Å²) in [7, 11) is 0. The summed E-state index contributed by atoms with van der Waals surface area (Å²) in [5, 5.41) is 7.03. The van der Waals surface area contributed by atoms with Crippen LogP contribution in [0.25, 0.3) is 11.1 Å². The molecule has 0 aliphatic carbocycles. The highest BCUT2D eigenvalue weighted by Crippen LogP contribution is 2.32. The molecule has 0 atom stereocenters. The lowest BCUT2D eigenvalue weighted by molar-refractivity contribution is -0.153. The first-order valence-electron chi connectivity index (χ1n) is 9.31. The van der Waals surface area contributed by atoms with Crippen molar-refractivity contribution in [1.82, 2.24) is 15.5 Å². The molecule has 2 heterocycles. The molecule has 0 bridgehead atoms. The molecule has 0 aliphatic heterocycles. The second-order valence-corrected chi connectivity index (χ2v) is 7.47. The SMILES string of the molecule is CC(C)c1cc(CNC(=O)c2cc(-c3ccc(Cl)cc3)c(OCC(F)(F)F)cn2)on1. The lowest BCUT2D eigenvalue weighted by atomic mass is 10.0. The van der Waals surface area contributed by atoms with Crippen LogP contribution in [0.3, 0.4) is 0 Å². The Balaban J connectivity index is 1.81. The molecule has 6 nitrogen and oxygen atoms in total. The number of alkyl halides is 3. The Kier molecular flexibility index (Phi) is 6.84. The Morgan fingerprint density at radius 1 is 1.23 bits per heavy atom. The fourth-order valence-corrected chi connectivity index (χ4v) is 2.76. The molecule has 10 heteroatoms. The van der Waals surface area contributed by atoms with Gasteiger partial charge in [-0.05, 0) is 29.7 Å². The Morgan fingerprint density at radius 2 is 1.94 bits per heavy atom. The van der Waals surface area contributed by atoms with E-state index in [1.807, 2.05) is 13.8 Å². The highest BCUT2D eigenvalue weighted by Gasteiger charge is 2.29. The number of hydrogen-bond acceptors (Lipinski definition) is 5. The summed E-state index contributed by atoms with van der Waals surface area (Å²) in [6.07, 6.45) is -3.42. The number of amides is 1. The number of aromatic nitrogens is 2. The van der Waals surface area contributed by atoms with Crippen LogP contribution >= 0.6 is 11.6 Å². The van der Waals surface area contributed by atoms with Crippen LogP contribution in [0.15, 0.2) is 47.1 Å². The predicted molar refractivity (Wildman–Crippen MR) is 108 cm³/mol. The maximum Gasteiger partial charge on any atom is 0.422 e. The van der Waals surface area contributed by atoms with Crippen molar-refractivity contribution in [3.8, 4) is 16.9 Å². The molecule has 0 radical (unpaired) electrons. The number of pyridine rings is 1. The molecule has 164 valence electrons. The van der Waals surface area contributed by atoms with Gasteiger partial charge in [0.1, 0.15) is 11.4 Å². The van der Waals surface area contributed by atoms with Crippen LogP contribution in [0.2, 0.25) is 5.02 Å². The number of rotatable bonds is 7. The van der Waals surface area contributed by atoms with Gasteiger partial charge in [0.2, 0.25) is 0 Å². The van der Waals surface area contributed by atoms with Crippen molar-refractivity contribution in [2.45, 2.75) is 32.5 Å². The van der Waals surface area contributed by atoms with Gasteiger partial charge in [-0.2, -0.15) is 13.2 Å². The van der Waals surface area contributed by atoms with Gasteiger partial charge >= 0.3 is 6.18 Å². The molecule has 2 aromatic heterocycles. The predicted octanol–water partition coefficient (Wildman–Crippen LogP) is 5.38. The Labute approximate surface area is 181 Å². The summed E-state index contributed by atoms with van der Waals surface area (Å²) in [6, 6.07) is 9.50. The lowest BCUT2D eigenvalue weighted by Gasteiger charge is -2.14. The molecule has 1 aromatic carbocycles. The molecular weight excluding hydrogens is 435 g/mol. The maximum absolute atomic E-state index is 12.6. The first kappa shape index (κ1) is 22.6. The monoisotopic (exact) mass is 453 g/mol. The number of carbonyl (C=O) groups excluding carboxylic acids is 1. The second-order valence-electron chi connectivity index (χ2n) is 7.03. The van der Waals surface area contributed by atoms with Crippen molar-refractivity contribution in [3.05, 3.63) is 64.8 Å². The highest BCUT2D eigenvalue weighted by atomic mass is 35.5. The first-order chi connectivity index (χ1) is 14.6. The number of nitrogens with one attached hydrogen (secondary N) is 1. The molecular formula is C21H19ClF3N3O3. The normalized spacial score (nSPS) is 11.6. The van der Waals surface area contributed by atoms with E-state index < -0.39 is 18.7 Å². The summed E-state index contributed by atoms with van der Waals surface area (Å²) in [6.45, 7) is 2.53. The Bertz CT molecular complexity index is 1050. The molecule has 0 spiro atoms. The minimum absolute atomic E-state index is 0.00732. The number of benzene rings is 1. The average Bonchev–Trinajstić information content (AvgIpc) is 3.20. The summed E-state index contributed by atoms with van der Waals surface area (Å²) >= 11 is 5.89. The lowest BCUT2D eigenvalue weighted by Crippen LogP contribution is -2.24. The van der Waals surface area contributed by atoms with Gasteiger partial charge in [-0.25, -0.2) is 4.98 Å². The minimum atomic E-state index is -4.51. The fraction of sp³-hybridized carbons (Fsp3) is 0.286. The van der Waals surface area contributed by atoms with Crippen LogP contribution < -0.4 is 10.1 Å². The number of carbonyl (C=O) groups is 1. The van der Waals surface area contributed by atoms with E-state index in [2.05, 4.69) is 15.5 Å². The molecule has 31 heavy (non-hydrogen) atoms.